The number of rotatable bonds is 5. The van der Waals surface area contributed by atoms with E-state index in [9.17, 15) is 0 Å². The summed E-state index contributed by atoms with van der Waals surface area (Å²) in [4.78, 5) is 4.70. The van der Waals surface area contributed by atoms with Gasteiger partial charge in [0.15, 0.2) is 0 Å². The highest BCUT2D eigenvalue weighted by atomic mass is 79.9. The van der Waals surface area contributed by atoms with Crippen molar-refractivity contribution in [3.63, 3.8) is 0 Å². The van der Waals surface area contributed by atoms with E-state index in [-0.39, 0.29) is 0 Å². The Labute approximate surface area is 122 Å². The Balaban J connectivity index is 2.70. The molecule has 0 spiro atoms. The number of ether oxygens (including phenoxy) is 1. The van der Waals surface area contributed by atoms with Crippen LogP contribution < -0.4 is 10.1 Å². The Morgan fingerprint density at radius 3 is 2.74 bits per heavy atom. The second-order valence-corrected chi connectivity index (χ2v) is 5.27. The predicted octanol–water partition coefficient (Wildman–Crippen LogP) is 4.39. The van der Waals surface area contributed by atoms with E-state index >= 15 is 0 Å². The van der Waals surface area contributed by atoms with Crippen LogP contribution in [0.4, 0.5) is 5.69 Å². The number of benzene rings is 1. The summed E-state index contributed by atoms with van der Waals surface area (Å²) in [6.07, 6.45) is 2.00. The van der Waals surface area contributed by atoms with Crippen molar-refractivity contribution in [1.82, 2.24) is 4.98 Å². The summed E-state index contributed by atoms with van der Waals surface area (Å²) < 4.78 is 6.47. The molecule has 4 heteroatoms. The molecule has 0 unspecified atom stereocenters. The second kappa shape index (κ2) is 6.24. The Morgan fingerprint density at radius 1 is 1.32 bits per heavy atom. The molecule has 0 radical (unpaired) electrons. The molecular formula is C15H19BrN2O. The maximum atomic E-state index is 5.48. The van der Waals surface area contributed by atoms with Crippen LogP contribution >= 0.6 is 15.9 Å². The monoisotopic (exact) mass is 322 g/mol. The van der Waals surface area contributed by atoms with E-state index in [1.165, 1.54) is 0 Å². The molecule has 1 aromatic carbocycles. The summed E-state index contributed by atoms with van der Waals surface area (Å²) in [6.45, 7) is 5.22. The molecule has 0 fully saturated rings. The van der Waals surface area contributed by atoms with E-state index in [2.05, 4.69) is 41.2 Å². The van der Waals surface area contributed by atoms with Gasteiger partial charge >= 0.3 is 0 Å². The molecule has 0 aliphatic carbocycles. The molecule has 1 heterocycles. The van der Waals surface area contributed by atoms with Gasteiger partial charge < -0.3 is 10.1 Å². The molecule has 19 heavy (non-hydrogen) atoms. The number of hydrogen-bond acceptors (Lipinski definition) is 3. The van der Waals surface area contributed by atoms with Gasteiger partial charge in [0.1, 0.15) is 5.75 Å². The molecular weight excluding hydrogens is 304 g/mol. The molecule has 1 aromatic heterocycles. The number of fused-ring (bicyclic) bond motifs is 1. The normalized spacial score (nSPS) is 10.7. The van der Waals surface area contributed by atoms with Gasteiger partial charge in [0.25, 0.3) is 0 Å². The lowest BCUT2D eigenvalue weighted by atomic mass is 10.1. The van der Waals surface area contributed by atoms with E-state index in [0.717, 1.165) is 51.9 Å². The van der Waals surface area contributed by atoms with Crippen LogP contribution in [0.5, 0.6) is 5.75 Å². The zero-order valence-electron chi connectivity index (χ0n) is 11.6. The van der Waals surface area contributed by atoms with Gasteiger partial charge in [-0.1, -0.05) is 13.8 Å². The van der Waals surface area contributed by atoms with Crippen LogP contribution in [-0.2, 0) is 6.42 Å². The topological polar surface area (TPSA) is 34.2 Å². The van der Waals surface area contributed by atoms with Crippen molar-refractivity contribution < 1.29 is 4.74 Å². The van der Waals surface area contributed by atoms with Gasteiger partial charge in [-0.25, -0.2) is 0 Å². The highest BCUT2D eigenvalue weighted by molar-refractivity contribution is 9.10. The van der Waals surface area contributed by atoms with Gasteiger partial charge in [-0.3, -0.25) is 4.98 Å². The smallest absolute Gasteiger partial charge is 0.130 e. The van der Waals surface area contributed by atoms with Gasteiger partial charge in [-0.2, -0.15) is 0 Å². The van der Waals surface area contributed by atoms with Crippen LogP contribution in [0.3, 0.4) is 0 Å². The van der Waals surface area contributed by atoms with Crippen molar-refractivity contribution in [2.24, 2.45) is 0 Å². The van der Waals surface area contributed by atoms with E-state index in [1.807, 2.05) is 12.1 Å². The average Bonchev–Trinajstić information content (AvgIpc) is 2.45. The van der Waals surface area contributed by atoms with Crippen molar-refractivity contribution in [3.8, 4) is 5.75 Å². The van der Waals surface area contributed by atoms with Crippen LogP contribution in [0.2, 0.25) is 0 Å². The fourth-order valence-electron chi connectivity index (χ4n) is 2.08. The number of methoxy groups -OCH3 is 1. The summed E-state index contributed by atoms with van der Waals surface area (Å²) >= 11 is 3.58. The Morgan fingerprint density at radius 2 is 2.11 bits per heavy atom. The average molecular weight is 323 g/mol. The van der Waals surface area contributed by atoms with Crippen LogP contribution in [0.25, 0.3) is 10.9 Å². The first kappa shape index (κ1) is 14.1. The highest BCUT2D eigenvalue weighted by Crippen LogP contribution is 2.36. The molecule has 0 bridgehead atoms. The number of halogens is 1. The van der Waals surface area contributed by atoms with Gasteiger partial charge in [0.2, 0.25) is 0 Å². The van der Waals surface area contributed by atoms with Crippen LogP contribution in [-0.4, -0.2) is 18.6 Å². The van der Waals surface area contributed by atoms with Crippen molar-refractivity contribution in [3.05, 3.63) is 28.4 Å². The first-order chi connectivity index (χ1) is 9.21. The second-order valence-electron chi connectivity index (χ2n) is 4.41. The van der Waals surface area contributed by atoms with Crippen molar-refractivity contribution >= 4 is 32.5 Å². The number of aryl methyl sites for hydroxylation is 1. The number of hydrogen-bond donors (Lipinski definition) is 1. The molecule has 1 N–H and O–H groups in total. The Bertz CT molecular complexity index is 584. The Kier molecular flexibility index (Phi) is 4.64. The molecule has 0 aliphatic rings. The first-order valence-corrected chi connectivity index (χ1v) is 7.40. The largest absolute Gasteiger partial charge is 0.496 e. The quantitative estimate of drug-likeness (QED) is 0.886. The minimum Gasteiger partial charge on any atom is -0.496 e. The molecule has 0 saturated carbocycles. The van der Waals surface area contributed by atoms with Crippen LogP contribution in [0.15, 0.2) is 22.7 Å². The molecule has 0 atom stereocenters. The van der Waals surface area contributed by atoms with Gasteiger partial charge in [0.05, 0.1) is 18.0 Å². The highest BCUT2D eigenvalue weighted by Gasteiger charge is 2.12. The fourth-order valence-corrected chi connectivity index (χ4v) is 2.50. The number of aromatic nitrogens is 1. The number of nitrogens with one attached hydrogen (secondary N) is 1. The van der Waals surface area contributed by atoms with E-state index in [4.69, 9.17) is 9.72 Å². The SMILES string of the molecule is CCCNc1cc(CC)nc2c(Br)ccc(OC)c12. The summed E-state index contributed by atoms with van der Waals surface area (Å²) in [6, 6.07) is 6.07. The molecule has 0 saturated heterocycles. The molecule has 2 aromatic rings. The molecule has 2 rings (SSSR count). The molecule has 3 nitrogen and oxygen atoms in total. The summed E-state index contributed by atoms with van der Waals surface area (Å²) in [5.41, 5.74) is 3.14. The Hall–Kier alpha value is -1.29. The van der Waals surface area contributed by atoms with Crippen LogP contribution in [0.1, 0.15) is 26.0 Å². The van der Waals surface area contributed by atoms with Gasteiger partial charge in [0, 0.05) is 22.4 Å². The third-order valence-corrected chi connectivity index (χ3v) is 3.71. The predicted molar refractivity (Wildman–Crippen MR) is 84.2 cm³/mol. The molecule has 0 aliphatic heterocycles. The minimum atomic E-state index is 0.854. The lowest BCUT2D eigenvalue weighted by molar-refractivity contribution is 0.420. The lowest BCUT2D eigenvalue weighted by Gasteiger charge is -2.14. The summed E-state index contributed by atoms with van der Waals surface area (Å²) in [5, 5.41) is 4.52. The summed E-state index contributed by atoms with van der Waals surface area (Å²) in [7, 11) is 1.69. The standard InChI is InChI=1S/C15H19BrN2O/c1-4-8-17-12-9-10(5-2)18-15-11(16)6-7-13(19-3)14(12)15/h6-7,9H,4-5,8H2,1-3H3,(H,17,18). The summed E-state index contributed by atoms with van der Waals surface area (Å²) in [5.74, 6) is 0.854. The molecule has 0 amide bonds. The van der Waals surface area contributed by atoms with Crippen molar-refractivity contribution in [2.45, 2.75) is 26.7 Å². The van der Waals surface area contributed by atoms with E-state index in [0.29, 0.717) is 0 Å². The molecule has 102 valence electrons. The maximum absolute atomic E-state index is 5.48. The lowest BCUT2D eigenvalue weighted by Crippen LogP contribution is -2.03. The minimum absolute atomic E-state index is 0.854. The van der Waals surface area contributed by atoms with Crippen LogP contribution in [0, 0.1) is 0 Å². The van der Waals surface area contributed by atoms with Crippen molar-refractivity contribution in [2.75, 3.05) is 19.0 Å². The zero-order chi connectivity index (χ0) is 13.8. The maximum Gasteiger partial charge on any atom is 0.130 e. The zero-order valence-corrected chi connectivity index (χ0v) is 13.2. The first-order valence-electron chi connectivity index (χ1n) is 6.61. The van der Waals surface area contributed by atoms with Gasteiger partial charge in [-0.05, 0) is 47.0 Å². The number of pyridine rings is 1. The van der Waals surface area contributed by atoms with Crippen molar-refractivity contribution in [1.29, 1.82) is 0 Å². The van der Waals surface area contributed by atoms with Gasteiger partial charge in [-0.15, -0.1) is 0 Å². The fraction of sp³-hybridized carbons (Fsp3) is 0.400. The third kappa shape index (κ3) is 2.84. The van der Waals surface area contributed by atoms with E-state index < -0.39 is 0 Å². The van der Waals surface area contributed by atoms with E-state index in [1.54, 1.807) is 7.11 Å². The number of nitrogens with zero attached hydrogens (tertiary/aromatic N) is 1. The number of anilines is 1. The third-order valence-electron chi connectivity index (χ3n) is 3.07.